The monoisotopic (exact) mass is 548 g/mol. The summed E-state index contributed by atoms with van der Waals surface area (Å²) in [6.07, 6.45) is -7.82. The van der Waals surface area contributed by atoms with Crippen LogP contribution in [-0.4, -0.2) is 42.8 Å². The molecule has 21 heteroatoms. The van der Waals surface area contributed by atoms with Gasteiger partial charge in [0.2, 0.25) is 0 Å². The third-order valence-electron chi connectivity index (χ3n) is 3.73. The molecule has 192 valence electrons. The van der Waals surface area contributed by atoms with E-state index in [0.717, 1.165) is 0 Å². The van der Waals surface area contributed by atoms with Crippen molar-refractivity contribution in [1.82, 2.24) is 0 Å². The minimum Gasteiger partial charge on any atom is -0.282 e. The number of alkyl halides is 13. The second-order valence-electron chi connectivity index (χ2n) is 5.80. The van der Waals surface area contributed by atoms with Crippen LogP contribution in [0, 0.1) is 23.3 Å². The van der Waals surface area contributed by atoms with Crippen LogP contribution in [0.3, 0.4) is 0 Å². The van der Waals surface area contributed by atoms with Crippen molar-refractivity contribution in [2.45, 2.75) is 40.7 Å². The van der Waals surface area contributed by atoms with Crippen molar-refractivity contribution in [2.24, 2.45) is 0 Å². The Balaban J connectivity index is 4.13. The number of hydrogen-bond acceptors (Lipinski definition) is 2. The Kier molecular flexibility index (Phi) is 6.56. The van der Waals surface area contributed by atoms with Gasteiger partial charge in [0.1, 0.15) is 4.90 Å². The predicted octanol–water partition coefficient (Wildman–Crippen LogP) is 5.69. The average molecular weight is 548 g/mol. The molecule has 0 fully saturated rings. The fraction of sp³-hybridized carbons (Fsp3) is 0.500. The molecule has 0 aliphatic carbocycles. The first kappa shape index (κ1) is 29.0. The van der Waals surface area contributed by atoms with Crippen molar-refractivity contribution in [2.75, 3.05) is 0 Å². The van der Waals surface area contributed by atoms with Crippen LogP contribution < -0.4 is 0 Å². The van der Waals surface area contributed by atoms with Crippen molar-refractivity contribution < 1.29 is 87.6 Å². The molecule has 0 amide bonds. The van der Waals surface area contributed by atoms with E-state index in [1.807, 2.05) is 0 Å². The molecule has 0 radical (unpaired) electrons. The Morgan fingerprint density at radius 2 is 0.848 bits per heavy atom. The molecule has 0 saturated carbocycles. The van der Waals surface area contributed by atoms with Gasteiger partial charge in [0.25, 0.3) is 10.1 Å². The highest BCUT2D eigenvalue weighted by molar-refractivity contribution is 7.85. The van der Waals surface area contributed by atoms with Crippen molar-refractivity contribution in [3.8, 4) is 0 Å². The van der Waals surface area contributed by atoms with Gasteiger partial charge in [0, 0.05) is 0 Å². The lowest BCUT2D eigenvalue weighted by Gasteiger charge is -2.40. The Morgan fingerprint density at radius 3 is 1.18 bits per heavy atom. The van der Waals surface area contributed by atoms with Gasteiger partial charge in [-0.2, -0.15) is 65.5 Å². The summed E-state index contributed by atoms with van der Waals surface area (Å²) >= 11 is 0. The van der Waals surface area contributed by atoms with E-state index in [9.17, 15) is 83.1 Å². The van der Waals surface area contributed by atoms with Crippen LogP contribution in [0.5, 0.6) is 0 Å². The van der Waals surface area contributed by atoms with Crippen LogP contribution >= 0.6 is 0 Å². The molecule has 0 aliphatic heterocycles. The van der Waals surface area contributed by atoms with Crippen LogP contribution in [0.4, 0.5) is 74.6 Å². The maximum Gasteiger partial charge on any atom is 0.460 e. The normalized spacial score (nSPS) is 15.2. The van der Waals surface area contributed by atoms with Crippen molar-refractivity contribution in [3.63, 3.8) is 0 Å². The molecule has 1 rings (SSSR count). The van der Waals surface area contributed by atoms with Gasteiger partial charge in [0.05, 0.1) is 5.56 Å². The van der Waals surface area contributed by atoms with E-state index >= 15 is 0 Å². The van der Waals surface area contributed by atoms with Crippen LogP contribution in [0.1, 0.15) is 5.56 Å². The van der Waals surface area contributed by atoms with E-state index in [0.29, 0.717) is 0 Å². The molecule has 0 atom stereocenters. The van der Waals surface area contributed by atoms with Crippen molar-refractivity contribution in [3.05, 3.63) is 28.8 Å². The zero-order valence-corrected chi connectivity index (χ0v) is 14.9. The van der Waals surface area contributed by atoms with Gasteiger partial charge in [-0.15, -0.1) is 0 Å². The molecule has 0 bridgehead atoms. The maximum atomic E-state index is 14.0. The second kappa shape index (κ2) is 7.47. The van der Waals surface area contributed by atoms with Gasteiger partial charge < -0.3 is 0 Å². The Morgan fingerprint density at radius 1 is 0.515 bits per heavy atom. The van der Waals surface area contributed by atoms with Crippen molar-refractivity contribution in [1.29, 1.82) is 0 Å². The topological polar surface area (TPSA) is 54.4 Å². The van der Waals surface area contributed by atoms with E-state index in [-0.39, 0.29) is 0 Å². The number of rotatable bonds is 6. The van der Waals surface area contributed by atoms with E-state index in [4.69, 9.17) is 4.55 Å². The molecular weight excluding hydrogens is 547 g/mol. The minimum absolute atomic E-state index is 3.47. The molecule has 33 heavy (non-hydrogen) atoms. The molecule has 0 unspecified atom stereocenters. The first-order valence-electron chi connectivity index (χ1n) is 6.93. The summed E-state index contributed by atoms with van der Waals surface area (Å²) in [4.78, 5) is -3.79. The number of benzene rings is 1. The predicted molar refractivity (Wildman–Crippen MR) is 65.8 cm³/mol. The zero-order valence-electron chi connectivity index (χ0n) is 14.1. The summed E-state index contributed by atoms with van der Waals surface area (Å²) in [6.45, 7) is 0. The highest BCUT2D eigenvalue weighted by atomic mass is 32.2. The molecule has 1 N–H and O–H groups in total. The summed E-state index contributed by atoms with van der Waals surface area (Å²) in [7, 11) is -7.00. The molecule has 0 spiro atoms. The van der Waals surface area contributed by atoms with Crippen molar-refractivity contribution >= 4 is 10.1 Å². The van der Waals surface area contributed by atoms with Crippen LogP contribution in [-0.2, 0) is 16.0 Å². The van der Waals surface area contributed by atoms with Gasteiger partial charge >= 0.3 is 35.8 Å². The van der Waals surface area contributed by atoms with E-state index in [2.05, 4.69) is 0 Å². The van der Waals surface area contributed by atoms with Crippen LogP contribution in [0.2, 0.25) is 0 Å². The minimum atomic E-state index is -8.60. The standard InChI is InChI=1S/C12HF17O3S/c13-2-1(6(33(30,31)32)5(16)4(15)3(2)14)7(17,18)8(19,20)9(21,22)10(23,24)11(25,26)12(27,28)29/h(H,30,31,32). The van der Waals surface area contributed by atoms with Gasteiger partial charge in [-0.1, -0.05) is 0 Å². The lowest BCUT2D eigenvalue weighted by molar-refractivity contribution is -0.442. The number of halogens is 17. The molecule has 0 aliphatic rings. The van der Waals surface area contributed by atoms with Gasteiger partial charge in [-0.3, -0.25) is 4.55 Å². The molecule has 3 nitrogen and oxygen atoms in total. The average Bonchev–Trinajstić information content (AvgIpc) is 2.59. The first-order valence-corrected chi connectivity index (χ1v) is 8.37. The second-order valence-corrected chi connectivity index (χ2v) is 7.16. The summed E-state index contributed by atoms with van der Waals surface area (Å²) < 4.78 is 254. The fourth-order valence-electron chi connectivity index (χ4n) is 2.06. The quantitative estimate of drug-likeness (QED) is 0.216. The summed E-state index contributed by atoms with van der Waals surface area (Å²) in [5.74, 6) is -56.5. The van der Waals surface area contributed by atoms with Gasteiger partial charge in [0.15, 0.2) is 23.3 Å². The SMILES string of the molecule is O=S(=O)(O)c1c(F)c(F)c(F)c(F)c1C(F)(F)C(F)(F)C(F)(F)C(F)(F)C(F)(F)C(F)(F)F. The number of hydrogen-bond donors (Lipinski definition) is 1. The summed E-state index contributed by atoms with van der Waals surface area (Å²) in [6, 6.07) is 0. The Bertz CT molecular complexity index is 1060. The fourth-order valence-corrected chi connectivity index (χ4v) is 2.85. The van der Waals surface area contributed by atoms with E-state index < -0.39 is 79.6 Å². The third kappa shape index (κ3) is 3.75. The lowest BCUT2D eigenvalue weighted by Crippen LogP contribution is -2.69. The molecule has 1 aromatic rings. The summed E-state index contributed by atoms with van der Waals surface area (Å²) in [5, 5.41) is 0. The first-order chi connectivity index (χ1) is 14.1. The molecule has 0 saturated heterocycles. The van der Waals surface area contributed by atoms with Gasteiger partial charge in [-0.25, -0.2) is 17.6 Å². The largest absolute Gasteiger partial charge is 0.460 e. The van der Waals surface area contributed by atoms with Crippen LogP contribution in [0.15, 0.2) is 4.90 Å². The smallest absolute Gasteiger partial charge is 0.282 e. The highest BCUT2D eigenvalue weighted by Gasteiger charge is 2.91. The maximum absolute atomic E-state index is 14.0. The van der Waals surface area contributed by atoms with E-state index in [1.54, 1.807) is 0 Å². The molecule has 0 heterocycles. The molecule has 0 aromatic heterocycles. The van der Waals surface area contributed by atoms with Gasteiger partial charge in [-0.05, 0) is 0 Å². The third-order valence-corrected chi connectivity index (χ3v) is 4.63. The van der Waals surface area contributed by atoms with E-state index in [1.165, 1.54) is 0 Å². The summed E-state index contributed by atoms with van der Waals surface area (Å²) in [5.41, 5.74) is -4.34. The highest BCUT2D eigenvalue weighted by Crippen LogP contribution is 2.62. The zero-order chi connectivity index (χ0) is 27.0. The molecule has 1 aromatic carbocycles. The lowest BCUT2D eigenvalue weighted by atomic mass is 9.90. The molecular formula is C12HF17O3S. The Labute approximate surface area is 168 Å². The van der Waals surface area contributed by atoms with Crippen LogP contribution in [0.25, 0.3) is 0 Å². The Hall–Kier alpha value is -2.06.